The molecule has 0 aromatic carbocycles. The third-order valence-electron chi connectivity index (χ3n) is 1.78. The van der Waals surface area contributed by atoms with Crippen LogP contribution in [-0.4, -0.2) is 37.5 Å². The zero-order valence-electron chi connectivity index (χ0n) is 10.8. The van der Waals surface area contributed by atoms with Gasteiger partial charge in [0.15, 0.2) is 0 Å². The van der Waals surface area contributed by atoms with Gasteiger partial charge in [-0.1, -0.05) is 5.92 Å². The van der Waals surface area contributed by atoms with Gasteiger partial charge in [-0.25, -0.2) is 4.57 Å². The molecule has 0 spiro atoms. The lowest BCUT2D eigenvalue weighted by Crippen LogP contribution is -2.13. The van der Waals surface area contributed by atoms with Crippen LogP contribution in [0, 0.1) is 11.6 Å². The van der Waals surface area contributed by atoms with E-state index in [9.17, 15) is 14.5 Å². The molecule has 0 radical (unpaired) electrons. The van der Waals surface area contributed by atoms with Gasteiger partial charge in [0.2, 0.25) is 0 Å². The summed E-state index contributed by atoms with van der Waals surface area (Å²) in [5.74, 6) is 1.98. The first-order valence-corrected chi connectivity index (χ1v) is 7.15. The summed E-state index contributed by atoms with van der Waals surface area (Å²) in [6.45, 7) is 3.80. The van der Waals surface area contributed by atoms with Crippen molar-refractivity contribution >= 4 is 13.6 Å². The first-order chi connectivity index (χ1) is 8.47. The van der Waals surface area contributed by atoms with Gasteiger partial charge in [0.25, 0.3) is 0 Å². The Morgan fingerprint density at radius 3 is 2.33 bits per heavy atom. The Kier molecular flexibility index (Phi) is 8.69. The Hall–Kier alpha value is -0.860. The van der Waals surface area contributed by atoms with Crippen LogP contribution < -0.4 is 0 Å². The Morgan fingerprint density at radius 1 is 1.33 bits per heavy atom. The fraction of sp³-hybridized carbons (Fsp3) is 0.727. The zero-order chi connectivity index (χ0) is 14.0. The number of esters is 1. The highest BCUT2D eigenvalue weighted by molar-refractivity contribution is 7.59. The summed E-state index contributed by atoms with van der Waals surface area (Å²) < 4.78 is 26.2. The van der Waals surface area contributed by atoms with Gasteiger partial charge in [-0.05, 0) is 13.8 Å². The number of hydrogen-bond acceptors (Lipinski definition) is 6. The molecule has 18 heavy (non-hydrogen) atoms. The van der Waals surface area contributed by atoms with Crippen LogP contribution >= 0.6 is 7.60 Å². The normalized spacial score (nSPS) is 12.4. The second-order valence-corrected chi connectivity index (χ2v) is 4.99. The molecule has 0 fully saturated rings. The number of hydrogen-bond donors (Lipinski definition) is 1. The van der Waals surface area contributed by atoms with Crippen LogP contribution in [0.2, 0.25) is 0 Å². The topological polar surface area (TPSA) is 82.1 Å². The maximum Gasteiger partial charge on any atom is 0.405 e. The number of carbonyl (C=O) groups is 1. The second kappa shape index (κ2) is 9.12. The lowest BCUT2D eigenvalue weighted by atomic mass is 10.2. The van der Waals surface area contributed by atoms with E-state index in [4.69, 9.17) is 9.05 Å². The summed E-state index contributed by atoms with van der Waals surface area (Å²) in [4.78, 5) is 10.9. The lowest BCUT2D eigenvalue weighted by molar-refractivity contribution is -0.142. The number of carbonyl (C=O) groups excluding carboxylic acids is 1. The summed E-state index contributed by atoms with van der Waals surface area (Å²) in [7, 11) is -2.17. The molecule has 0 aromatic rings. The molecule has 6 nitrogen and oxygen atoms in total. The molecule has 0 saturated carbocycles. The van der Waals surface area contributed by atoms with Crippen LogP contribution in [0.25, 0.3) is 0 Å². The van der Waals surface area contributed by atoms with Gasteiger partial charge in [-0.15, -0.1) is 0 Å². The average Bonchev–Trinajstić information content (AvgIpc) is 2.29. The fourth-order valence-corrected chi connectivity index (χ4v) is 2.22. The Balaban J connectivity index is 4.36. The molecule has 0 rings (SSSR count). The van der Waals surface area contributed by atoms with E-state index in [-0.39, 0.29) is 26.1 Å². The van der Waals surface area contributed by atoms with E-state index >= 15 is 0 Å². The molecule has 0 unspecified atom stereocenters. The van der Waals surface area contributed by atoms with Crippen LogP contribution in [0.1, 0.15) is 26.7 Å². The molecule has 1 atom stereocenters. The van der Waals surface area contributed by atoms with E-state index in [2.05, 4.69) is 16.3 Å². The van der Waals surface area contributed by atoms with Crippen molar-refractivity contribution < 1.29 is 28.3 Å². The quantitative estimate of drug-likeness (QED) is 0.432. The summed E-state index contributed by atoms with van der Waals surface area (Å²) >= 11 is 0. The molecule has 0 aliphatic heterocycles. The fourth-order valence-electron chi connectivity index (χ4n) is 1.05. The van der Waals surface area contributed by atoms with Crippen molar-refractivity contribution in [3.63, 3.8) is 0 Å². The standard InChI is InChI=1S/C11H19O6P/c1-4-16-18(14,17-5-2)8-6-7-10(12)9-11(13)15-3/h10,12H,4-5,7,9H2,1-3H3/t10-/m0/s1. The Labute approximate surface area is 107 Å². The largest absolute Gasteiger partial charge is 0.469 e. The zero-order valence-corrected chi connectivity index (χ0v) is 11.7. The van der Waals surface area contributed by atoms with Crippen molar-refractivity contribution in [3.8, 4) is 11.6 Å². The van der Waals surface area contributed by atoms with Crippen molar-refractivity contribution in [3.05, 3.63) is 0 Å². The van der Waals surface area contributed by atoms with Gasteiger partial charge in [-0.2, -0.15) is 0 Å². The molecule has 0 heterocycles. The van der Waals surface area contributed by atoms with Crippen LogP contribution in [0.5, 0.6) is 0 Å². The van der Waals surface area contributed by atoms with Gasteiger partial charge in [0, 0.05) is 12.1 Å². The van der Waals surface area contributed by atoms with E-state index < -0.39 is 19.7 Å². The third kappa shape index (κ3) is 7.46. The van der Waals surface area contributed by atoms with Crippen LogP contribution in [0.3, 0.4) is 0 Å². The van der Waals surface area contributed by atoms with Crippen molar-refractivity contribution in [2.24, 2.45) is 0 Å². The molecule has 0 saturated heterocycles. The highest BCUT2D eigenvalue weighted by Gasteiger charge is 2.19. The number of aliphatic hydroxyl groups is 1. The average molecular weight is 278 g/mol. The minimum absolute atomic E-state index is 0.000755. The van der Waals surface area contributed by atoms with E-state index in [1.807, 2.05) is 0 Å². The van der Waals surface area contributed by atoms with Gasteiger partial charge in [0.1, 0.15) is 0 Å². The van der Waals surface area contributed by atoms with E-state index in [0.717, 1.165) is 0 Å². The third-order valence-corrected chi connectivity index (χ3v) is 3.41. The predicted molar refractivity (Wildman–Crippen MR) is 65.9 cm³/mol. The van der Waals surface area contributed by atoms with Crippen molar-refractivity contribution in [1.29, 1.82) is 0 Å². The maximum atomic E-state index is 11.9. The molecule has 7 heteroatoms. The molecule has 0 aliphatic carbocycles. The molecule has 0 aromatic heterocycles. The highest BCUT2D eigenvalue weighted by Crippen LogP contribution is 2.46. The molecule has 0 bridgehead atoms. The lowest BCUT2D eigenvalue weighted by Gasteiger charge is -2.10. The smallest absolute Gasteiger partial charge is 0.405 e. The van der Waals surface area contributed by atoms with Crippen LogP contribution in [0.4, 0.5) is 0 Å². The minimum atomic E-state index is -3.41. The summed E-state index contributed by atoms with van der Waals surface area (Å²) in [5, 5.41) is 9.43. The molecular formula is C11H19O6P. The number of aliphatic hydroxyl groups excluding tert-OH is 1. The number of methoxy groups -OCH3 is 1. The predicted octanol–water partition coefficient (Wildman–Crippen LogP) is 1.53. The summed E-state index contributed by atoms with van der Waals surface area (Å²) in [6, 6.07) is 0. The van der Waals surface area contributed by atoms with Gasteiger partial charge < -0.3 is 9.84 Å². The van der Waals surface area contributed by atoms with Crippen LogP contribution in [-0.2, 0) is 23.1 Å². The van der Waals surface area contributed by atoms with Crippen LogP contribution in [0.15, 0.2) is 0 Å². The molecule has 0 aliphatic rings. The van der Waals surface area contributed by atoms with Crippen molar-refractivity contribution in [2.45, 2.75) is 32.8 Å². The SMILES string of the molecule is CCOP(=O)(C#CC[C@H](O)CC(=O)OC)OCC. The number of rotatable bonds is 7. The molecule has 104 valence electrons. The van der Waals surface area contributed by atoms with Crippen molar-refractivity contribution in [2.75, 3.05) is 20.3 Å². The van der Waals surface area contributed by atoms with E-state index in [0.29, 0.717) is 0 Å². The minimum Gasteiger partial charge on any atom is -0.469 e. The first kappa shape index (κ1) is 17.1. The molecular weight excluding hydrogens is 259 g/mol. The van der Waals surface area contributed by atoms with Gasteiger partial charge >= 0.3 is 13.6 Å². The molecule has 1 N–H and O–H groups in total. The van der Waals surface area contributed by atoms with E-state index in [1.54, 1.807) is 13.8 Å². The Bertz CT molecular complexity index is 346. The van der Waals surface area contributed by atoms with Gasteiger partial charge in [0.05, 0.1) is 32.8 Å². The second-order valence-electron chi connectivity index (χ2n) is 3.26. The molecule has 0 amide bonds. The Morgan fingerprint density at radius 2 is 1.89 bits per heavy atom. The maximum absolute atomic E-state index is 11.9. The van der Waals surface area contributed by atoms with Crippen molar-refractivity contribution in [1.82, 2.24) is 0 Å². The highest BCUT2D eigenvalue weighted by atomic mass is 31.2. The first-order valence-electron chi connectivity index (χ1n) is 5.61. The number of ether oxygens (including phenoxy) is 1. The van der Waals surface area contributed by atoms with E-state index in [1.165, 1.54) is 7.11 Å². The summed E-state index contributed by atoms with van der Waals surface area (Å²) in [5.41, 5.74) is 2.37. The summed E-state index contributed by atoms with van der Waals surface area (Å²) in [6.07, 6.45) is -1.11. The van der Waals surface area contributed by atoms with Gasteiger partial charge in [-0.3, -0.25) is 13.8 Å². The monoisotopic (exact) mass is 278 g/mol.